The number of methoxy groups -OCH3 is 1. The molecule has 110 valence electrons. The Morgan fingerprint density at radius 3 is 2.68 bits per heavy atom. The second-order valence-electron chi connectivity index (χ2n) is 4.87. The third kappa shape index (κ3) is 2.12. The first kappa shape index (κ1) is 13.5. The van der Waals surface area contributed by atoms with Crippen molar-refractivity contribution in [1.82, 2.24) is 14.4 Å². The van der Waals surface area contributed by atoms with E-state index in [4.69, 9.17) is 9.72 Å². The minimum Gasteiger partial charge on any atom is -0.497 e. The molecule has 0 radical (unpaired) electrons. The Balaban J connectivity index is 1.77. The van der Waals surface area contributed by atoms with Gasteiger partial charge in [-0.05, 0) is 31.2 Å². The lowest BCUT2D eigenvalue weighted by atomic mass is 10.2. The molecule has 0 saturated heterocycles. The average molecular weight is 327 g/mol. The molecule has 4 rings (SSSR count). The highest BCUT2D eigenvalue weighted by molar-refractivity contribution is 7.15. The normalized spacial score (nSPS) is 11.2. The van der Waals surface area contributed by atoms with E-state index in [1.54, 1.807) is 29.8 Å². The van der Waals surface area contributed by atoms with Crippen LogP contribution in [0.2, 0.25) is 0 Å². The summed E-state index contributed by atoms with van der Waals surface area (Å²) in [5.74, 6) is 0.853. The van der Waals surface area contributed by atoms with Crippen molar-refractivity contribution in [2.24, 2.45) is 0 Å². The van der Waals surface area contributed by atoms with E-state index >= 15 is 0 Å². The van der Waals surface area contributed by atoms with Gasteiger partial charge in [0.05, 0.1) is 18.5 Å². The molecule has 4 nitrogen and oxygen atoms in total. The first-order valence-corrected chi connectivity index (χ1v) is 8.54. The molecule has 0 aliphatic rings. The number of aromatic nitrogens is 3. The Bertz CT molecular complexity index is 934. The number of nitrogens with zero attached hydrogens (tertiary/aromatic N) is 3. The quantitative estimate of drug-likeness (QED) is 0.556. The van der Waals surface area contributed by atoms with E-state index in [9.17, 15) is 0 Å². The van der Waals surface area contributed by atoms with E-state index < -0.39 is 0 Å². The van der Waals surface area contributed by atoms with Crippen LogP contribution in [0.4, 0.5) is 0 Å². The van der Waals surface area contributed by atoms with Crippen molar-refractivity contribution in [3.63, 3.8) is 0 Å². The number of thiazole rings is 2. The van der Waals surface area contributed by atoms with Crippen molar-refractivity contribution >= 4 is 27.6 Å². The van der Waals surface area contributed by atoms with Gasteiger partial charge in [0.2, 0.25) is 0 Å². The molecule has 1 aromatic carbocycles. The zero-order valence-electron chi connectivity index (χ0n) is 12.1. The number of ether oxygens (including phenoxy) is 1. The lowest BCUT2D eigenvalue weighted by Crippen LogP contribution is -1.86. The standard InChI is InChI=1S/C16H13N3OS2/c1-10-14(19-7-8-21-16(19)17-10)15-18-13(9-22-15)11-3-5-12(20-2)6-4-11/h3-9H,1-2H3. The van der Waals surface area contributed by atoms with Gasteiger partial charge >= 0.3 is 0 Å². The number of hydrogen-bond acceptors (Lipinski definition) is 5. The molecule has 4 aromatic rings. The molecule has 0 atom stereocenters. The van der Waals surface area contributed by atoms with Gasteiger partial charge in [-0.15, -0.1) is 22.7 Å². The molecule has 3 heterocycles. The van der Waals surface area contributed by atoms with E-state index in [0.717, 1.165) is 38.4 Å². The molecule has 22 heavy (non-hydrogen) atoms. The Labute approximate surface area is 135 Å². The van der Waals surface area contributed by atoms with Crippen LogP contribution in [0, 0.1) is 6.92 Å². The van der Waals surface area contributed by atoms with E-state index in [1.165, 1.54) is 0 Å². The van der Waals surface area contributed by atoms with Crippen LogP contribution in [0.5, 0.6) is 5.75 Å². The Morgan fingerprint density at radius 1 is 1.09 bits per heavy atom. The Hall–Kier alpha value is -2.18. The third-order valence-corrected chi connectivity index (χ3v) is 5.13. The van der Waals surface area contributed by atoms with Gasteiger partial charge in [0.25, 0.3) is 0 Å². The maximum atomic E-state index is 5.20. The van der Waals surface area contributed by atoms with E-state index in [1.807, 2.05) is 42.8 Å². The maximum Gasteiger partial charge on any atom is 0.194 e. The van der Waals surface area contributed by atoms with E-state index in [0.29, 0.717) is 0 Å². The van der Waals surface area contributed by atoms with Gasteiger partial charge in [0.1, 0.15) is 16.5 Å². The van der Waals surface area contributed by atoms with Crippen molar-refractivity contribution in [2.45, 2.75) is 6.92 Å². The van der Waals surface area contributed by atoms with Crippen LogP contribution in [0.15, 0.2) is 41.2 Å². The summed E-state index contributed by atoms with van der Waals surface area (Å²) in [5.41, 5.74) is 4.17. The van der Waals surface area contributed by atoms with Gasteiger partial charge in [-0.3, -0.25) is 4.40 Å². The van der Waals surface area contributed by atoms with Crippen LogP contribution in [0.25, 0.3) is 26.9 Å². The SMILES string of the molecule is COc1ccc(-c2csc(-c3c(C)nc4sccn34)n2)cc1. The molecule has 0 N–H and O–H groups in total. The summed E-state index contributed by atoms with van der Waals surface area (Å²) in [4.78, 5) is 10.4. The van der Waals surface area contributed by atoms with Crippen molar-refractivity contribution in [3.8, 4) is 27.7 Å². The minimum atomic E-state index is 0.853. The van der Waals surface area contributed by atoms with Gasteiger partial charge < -0.3 is 4.74 Å². The summed E-state index contributed by atoms with van der Waals surface area (Å²) < 4.78 is 7.30. The summed E-state index contributed by atoms with van der Waals surface area (Å²) in [6, 6.07) is 7.97. The maximum absolute atomic E-state index is 5.20. The number of aryl methyl sites for hydroxylation is 1. The fourth-order valence-electron chi connectivity index (χ4n) is 2.43. The fourth-order valence-corrected chi connectivity index (χ4v) is 4.11. The number of fused-ring (bicyclic) bond motifs is 1. The van der Waals surface area contributed by atoms with Crippen molar-refractivity contribution in [3.05, 3.63) is 46.9 Å². The molecule has 0 amide bonds. The van der Waals surface area contributed by atoms with E-state index in [2.05, 4.69) is 14.8 Å². The Kier molecular flexibility index (Phi) is 3.20. The summed E-state index contributed by atoms with van der Waals surface area (Å²) in [6.07, 6.45) is 2.05. The molecule has 0 bridgehead atoms. The van der Waals surface area contributed by atoms with Crippen LogP contribution in [0.1, 0.15) is 5.69 Å². The smallest absolute Gasteiger partial charge is 0.194 e. The first-order valence-electron chi connectivity index (χ1n) is 6.79. The highest BCUT2D eigenvalue weighted by Crippen LogP contribution is 2.32. The zero-order chi connectivity index (χ0) is 15.1. The summed E-state index contributed by atoms with van der Waals surface area (Å²) in [5, 5.41) is 5.13. The monoisotopic (exact) mass is 327 g/mol. The van der Waals surface area contributed by atoms with Gasteiger partial charge in [-0.2, -0.15) is 0 Å². The van der Waals surface area contributed by atoms with Gasteiger partial charge in [0, 0.05) is 22.5 Å². The molecule has 0 aliphatic heterocycles. The van der Waals surface area contributed by atoms with Crippen LogP contribution >= 0.6 is 22.7 Å². The zero-order valence-corrected chi connectivity index (χ0v) is 13.7. The highest BCUT2D eigenvalue weighted by Gasteiger charge is 2.15. The van der Waals surface area contributed by atoms with E-state index in [-0.39, 0.29) is 0 Å². The molecule has 3 aromatic heterocycles. The Morgan fingerprint density at radius 2 is 1.91 bits per heavy atom. The minimum absolute atomic E-state index is 0.853. The molecule has 0 fully saturated rings. The number of imidazole rings is 1. The van der Waals surface area contributed by atoms with Crippen LogP contribution in [-0.2, 0) is 0 Å². The molecule has 0 spiro atoms. The topological polar surface area (TPSA) is 39.4 Å². The van der Waals surface area contributed by atoms with Crippen LogP contribution < -0.4 is 4.74 Å². The molecule has 6 heteroatoms. The van der Waals surface area contributed by atoms with Crippen molar-refractivity contribution < 1.29 is 4.74 Å². The second kappa shape index (κ2) is 5.23. The molecule has 0 unspecified atom stereocenters. The summed E-state index contributed by atoms with van der Waals surface area (Å²) in [6.45, 7) is 2.03. The predicted octanol–water partition coefficient (Wildman–Crippen LogP) is 4.50. The number of hydrogen-bond donors (Lipinski definition) is 0. The predicted molar refractivity (Wildman–Crippen MR) is 90.9 cm³/mol. The van der Waals surface area contributed by atoms with Crippen LogP contribution in [0.3, 0.4) is 0 Å². The molecular weight excluding hydrogens is 314 g/mol. The number of benzene rings is 1. The first-order chi connectivity index (χ1) is 10.8. The highest BCUT2D eigenvalue weighted by atomic mass is 32.1. The lowest BCUT2D eigenvalue weighted by molar-refractivity contribution is 0.415. The van der Waals surface area contributed by atoms with Gasteiger partial charge in [0.15, 0.2) is 4.96 Å². The molecule has 0 aliphatic carbocycles. The third-order valence-electron chi connectivity index (χ3n) is 3.53. The van der Waals surface area contributed by atoms with Gasteiger partial charge in [-0.1, -0.05) is 0 Å². The fraction of sp³-hybridized carbons (Fsp3) is 0.125. The lowest BCUT2D eigenvalue weighted by Gasteiger charge is -2.00. The van der Waals surface area contributed by atoms with Crippen molar-refractivity contribution in [1.29, 1.82) is 0 Å². The second-order valence-corrected chi connectivity index (χ2v) is 6.60. The summed E-state index contributed by atoms with van der Waals surface area (Å²) >= 11 is 3.28. The summed E-state index contributed by atoms with van der Waals surface area (Å²) in [7, 11) is 1.67. The molecular formula is C16H13N3OS2. The average Bonchev–Trinajstić information content (AvgIpc) is 3.23. The van der Waals surface area contributed by atoms with Crippen LogP contribution in [-0.4, -0.2) is 21.5 Å². The largest absolute Gasteiger partial charge is 0.497 e. The van der Waals surface area contributed by atoms with Crippen molar-refractivity contribution in [2.75, 3.05) is 7.11 Å². The van der Waals surface area contributed by atoms with Gasteiger partial charge in [-0.25, -0.2) is 9.97 Å². The number of rotatable bonds is 3. The molecule has 0 saturated carbocycles.